The van der Waals surface area contributed by atoms with Gasteiger partial charge in [-0.25, -0.2) is 4.98 Å². The molecule has 0 aliphatic heterocycles. The van der Waals surface area contributed by atoms with E-state index in [1.54, 1.807) is 19.4 Å². The van der Waals surface area contributed by atoms with Gasteiger partial charge in [0.1, 0.15) is 5.82 Å². The lowest BCUT2D eigenvalue weighted by molar-refractivity contribution is 0.394. The molecule has 1 unspecified atom stereocenters. The molecule has 4 heteroatoms. The summed E-state index contributed by atoms with van der Waals surface area (Å²) in [5.74, 6) is 1.42. The van der Waals surface area contributed by atoms with Crippen LogP contribution in [0.3, 0.4) is 0 Å². The highest BCUT2D eigenvalue weighted by Crippen LogP contribution is 2.08. The van der Waals surface area contributed by atoms with Gasteiger partial charge in [0.25, 0.3) is 0 Å². The first kappa shape index (κ1) is 9.45. The Morgan fingerprint density at radius 3 is 3.00 bits per heavy atom. The Hall–Kier alpha value is -0.640. The number of aromatic nitrogens is 2. The van der Waals surface area contributed by atoms with Crippen LogP contribution in [-0.4, -0.2) is 21.9 Å². The number of methoxy groups -OCH3 is 1. The van der Waals surface area contributed by atoms with Gasteiger partial charge in [-0.1, -0.05) is 22.9 Å². The number of alkyl halides is 1. The third-order valence-corrected chi connectivity index (χ3v) is 1.68. The number of nitrogens with zero attached hydrogens (tertiary/aromatic N) is 2. The summed E-state index contributed by atoms with van der Waals surface area (Å²) in [6, 6.07) is 1.74. The summed E-state index contributed by atoms with van der Waals surface area (Å²) >= 11 is 3.44. The molecule has 12 heavy (non-hydrogen) atoms. The second kappa shape index (κ2) is 4.40. The molecule has 0 radical (unpaired) electrons. The van der Waals surface area contributed by atoms with E-state index in [2.05, 4.69) is 32.8 Å². The lowest BCUT2D eigenvalue weighted by Gasteiger charge is -2.02. The zero-order valence-corrected chi connectivity index (χ0v) is 8.71. The van der Waals surface area contributed by atoms with Crippen LogP contribution in [-0.2, 0) is 6.42 Å². The smallest absolute Gasteiger partial charge is 0.216 e. The zero-order chi connectivity index (χ0) is 8.97. The fraction of sp³-hybridized carbons (Fsp3) is 0.500. The minimum atomic E-state index is 0.393. The maximum atomic E-state index is 4.97. The minimum absolute atomic E-state index is 0.393. The third kappa shape index (κ3) is 2.77. The van der Waals surface area contributed by atoms with Gasteiger partial charge in [-0.2, -0.15) is 4.98 Å². The number of halogens is 1. The van der Waals surface area contributed by atoms with Gasteiger partial charge in [0.05, 0.1) is 7.11 Å². The lowest BCUT2D eigenvalue weighted by atomic mass is 10.3. The monoisotopic (exact) mass is 230 g/mol. The van der Waals surface area contributed by atoms with Crippen molar-refractivity contribution in [2.45, 2.75) is 18.2 Å². The van der Waals surface area contributed by atoms with Crippen LogP contribution in [0.2, 0.25) is 0 Å². The zero-order valence-electron chi connectivity index (χ0n) is 7.12. The Morgan fingerprint density at radius 1 is 1.67 bits per heavy atom. The van der Waals surface area contributed by atoms with Crippen LogP contribution in [0.4, 0.5) is 0 Å². The second-order valence-electron chi connectivity index (χ2n) is 2.50. The van der Waals surface area contributed by atoms with Crippen molar-refractivity contribution in [1.82, 2.24) is 9.97 Å². The highest BCUT2D eigenvalue weighted by atomic mass is 79.9. The highest BCUT2D eigenvalue weighted by Gasteiger charge is 2.02. The first-order valence-corrected chi connectivity index (χ1v) is 4.64. The van der Waals surface area contributed by atoms with Gasteiger partial charge in [0.2, 0.25) is 5.88 Å². The van der Waals surface area contributed by atoms with Gasteiger partial charge in [-0.3, -0.25) is 0 Å². The fourth-order valence-corrected chi connectivity index (χ4v) is 1.13. The molecule has 0 spiro atoms. The molecule has 1 rings (SSSR count). The van der Waals surface area contributed by atoms with E-state index in [0.717, 1.165) is 12.2 Å². The Morgan fingerprint density at radius 2 is 2.42 bits per heavy atom. The molecule has 0 fully saturated rings. The molecule has 0 N–H and O–H groups in total. The topological polar surface area (TPSA) is 35.0 Å². The standard InChI is InChI=1S/C8H11BrN2O/c1-6(9)5-7-10-4-3-8(11-7)12-2/h3-4,6H,5H2,1-2H3. The first-order chi connectivity index (χ1) is 5.72. The van der Waals surface area contributed by atoms with Gasteiger partial charge in [-0.15, -0.1) is 0 Å². The quantitative estimate of drug-likeness (QED) is 0.744. The van der Waals surface area contributed by atoms with Crippen LogP contribution in [0, 0.1) is 0 Å². The lowest BCUT2D eigenvalue weighted by Crippen LogP contribution is -2.02. The van der Waals surface area contributed by atoms with Crippen molar-refractivity contribution in [2.75, 3.05) is 7.11 Å². The molecule has 0 aromatic carbocycles. The van der Waals surface area contributed by atoms with Crippen molar-refractivity contribution in [1.29, 1.82) is 0 Å². The van der Waals surface area contributed by atoms with Crippen molar-refractivity contribution in [3.63, 3.8) is 0 Å². The average molecular weight is 231 g/mol. The molecular weight excluding hydrogens is 220 g/mol. The van der Waals surface area contributed by atoms with E-state index in [-0.39, 0.29) is 0 Å². The number of hydrogen-bond donors (Lipinski definition) is 0. The number of rotatable bonds is 3. The SMILES string of the molecule is COc1ccnc(CC(C)Br)n1. The maximum Gasteiger partial charge on any atom is 0.216 e. The third-order valence-electron chi connectivity index (χ3n) is 1.35. The number of ether oxygens (including phenoxy) is 1. The predicted octanol–water partition coefficient (Wildman–Crippen LogP) is 1.81. The Balaban J connectivity index is 2.72. The summed E-state index contributed by atoms with van der Waals surface area (Å²) in [6.07, 6.45) is 2.52. The summed E-state index contributed by atoms with van der Waals surface area (Å²) in [5, 5.41) is 0. The molecule has 0 saturated heterocycles. The van der Waals surface area contributed by atoms with E-state index >= 15 is 0 Å². The Kier molecular flexibility index (Phi) is 3.47. The molecule has 0 bridgehead atoms. The van der Waals surface area contributed by atoms with Crippen molar-refractivity contribution in [2.24, 2.45) is 0 Å². The van der Waals surface area contributed by atoms with Crippen LogP contribution in [0.1, 0.15) is 12.7 Å². The summed E-state index contributed by atoms with van der Waals surface area (Å²) in [4.78, 5) is 8.67. The largest absolute Gasteiger partial charge is 0.481 e. The van der Waals surface area contributed by atoms with E-state index in [1.807, 2.05) is 0 Å². The summed E-state index contributed by atoms with van der Waals surface area (Å²) < 4.78 is 4.97. The molecule has 0 amide bonds. The van der Waals surface area contributed by atoms with Crippen LogP contribution < -0.4 is 4.74 Å². The van der Waals surface area contributed by atoms with Crippen molar-refractivity contribution < 1.29 is 4.74 Å². The summed E-state index contributed by atoms with van der Waals surface area (Å²) in [5.41, 5.74) is 0. The van der Waals surface area contributed by atoms with Gasteiger partial charge in [0, 0.05) is 23.5 Å². The molecule has 1 aromatic rings. The minimum Gasteiger partial charge on any atom is -0.481 e. The molecule has 0 aliphatic rings. The molecule has 1 atom stereocenters. The predicted molar refractivity (Wildman–Crippen MR) is 50.7 cm³/mol. The van der Waals surface area contributed by atoms with E-state index in [1.165, 1.54) is 0 Å². The van der Waals surface area contributed by atoms with Crippen molar-refractivity contribution in [3.8, 4) is 5.88 Å². The van der Waals surface area contributed by atoms with Gasteiger partial charge in [-0.05, 0) is 0 Å². The molecule has 0 aliphatic carbocycles. The molecule has 0 saturated carbocycles. The summed E-state index contributed by atoms with van der Waals surface area (Å²) in [6.45, 7) is 2.06. The normalized spacial score (nSPS) is 12.6. The summed E-state index contributed by atoms with van der Waals surface area (Å²) in [7, 11) is 1.60. The van der Waals surface area contributed by atoms with Gasteiger partial charge in [0.15, 0.2) is 0 Å². The maximum absolute atomic E-state index is 4.97. The molecule has 1 aromatic heterocycles. The van der Waals surface area contributed by atoms with Crippen LogP contribution in [0.25, 0.3) is 0 Å². The molecular formula is C8H11BrN2O. The van der Waals surface area contributed by atoms with Gasteiger partial charge >= 0.3 is 0 Å². The fourth-order valence-electron chi connectivity index (χ4n) is 0.844. The second-order valence-corrected chi connectivity index (χ2v) is 4.06. The Bertz CT molecular complexity index is 253. The van der Waals surface area contributed by atoms with Crippen LogP contribution in [0.15, 0.2) is 12.3 Å². The van der Waals surface area contributed by atoms with Crippen molar-refractivity contribution >= 4 is 15.9 Å². The average Bonchev–Trinajstić information content (AvgIpc) is 2.03. The van der Waals surface area contributed by atoms with Gasteiger partial charge < -0.3 is 4.74 Å². The molecule has 3 nitrogen and oxygen atoms in total. The highest BCUT2D eigenvalue weighted by molar-refractivity contribution is 9.09. The van der Waals surface area contributed by atoms with E-state index in [0.29, 0.717) is 10.7 Å². The molecule has 66 valence electrons. The number of hydrogen-bond acceptors (Lipinski definition) is 3. The molecule has 1 heterocycles. The van der Waals surface area contributed by atoms with Crippen LogP contribution in [0.5, 0.6) is 5.88 Å². The van der Waals surface area contributed by atoms with E-state index in [4.69, 9.17) is 4.74 Å². The van der Waals surface area contributed by atoms with E-state index in [9.17, 15) is 0 Å². The van der Waals surface area contributed by atoms with Crippen molar-refractivity contribution in [3.05, 3.63) is 18.1 Å². The first-order valence-electron chi connectivity index (χ1n) is 3.72. The van der Waals surface area contributed by atoms with E-state index < -0.39 is 0 Å². The Labute approximate surface area is 80.3 Å². The van der Waals surface area contributed by atoms with Crippen LogP contribution >= 0.6 is 15.9 Å².